The van der Waals surface area contributed by atoms with Crippen molar-refractivity contribution in [1.29, 1.82) is 0 Å². The molecule has 11 heteroatoms. The quantitative estimate of drug-likeness (QED) is 0.521. The highest BCUT2D eigenvalue weighted by atomic mass is 16.7. The largest absolute Gasteiger partial charge is 0.453 e. The first kappa shape index (κ1) is 28.4. The molecule has 138 valence electrons. The van der Waals surface area contributed by atoms with Crippen LogP contribution >= 0.6 is 0 Å². The third-order valence-corrected chi connectivity index (χ3v) is 1.60. The summed E-state index contributed by atoms with van der Waals surface area (Å²) in [7, 11) is 1.17. The lowest BCUT2D eigenvalue weighted by atomic mass is 10.7. The SMILES string of the molecule is C.C.C.COC(=O)NCNC(=O)OCOC(=O)NCNC(C)=O. The normalized spacial score (nSPS) is 7.74. The highest BCUT2D eigenvalue weighted by Crippen LogP contribution is 1.81. The van der Waals surface area contributed by atoms with Gasteiger partial charge in [0.15, 0.2) is 0 Å². The number of ether oxygens (including phenoxy) is 3. The Morgan fingerprint density at radius 2 is 1.13 bits per heavy atom. The van der Waals surface area contributed by atoms with E-state index in [0.717, 1.165) is 0 Å². The van der Waals surface area contributed by atoms with Crippen LogP contribution in [-0.2, 0) is 19.0 Å². The molecule has 0 aliphatic rings. The molecule has 0 aromatic carbocycles. The van der Waals surface area contributed by atoms with Gasteiger partial charge in [-0.15, -0.1) is 0 Å². The van der Waals surface area contributed by atoms with Crippen LogP contribution in [0.25, 0.3) is 0 Å². The maximum Gasteiger partial charge on any atom is 0.411 e. The van der Waals surface area contributed by atoms with E-state index < -0.39 is 25.1 Å². The predicted molar refractivity (Wildman–Crippen MR) is 83.4 cm³/mol. The third-order valence-electron chi connectivity index (χ3n) is 1.60. The van der Waals surface area contributed by atoms with Gasteiger partial charge in [0.25, 0.3) is 0 Å². The van der Waals surface area contributed by atoms with E-state index in [0.29, 0.717) is 0 Å². The second kappa shape index (κ2) is 17.3. The number of methoxy groups -OCH3 is 1. The first-order valence-electron chi connectivity index (χ1n) is 5.33. The van der Waals surface area contributed by atoms with Gasteiger partial charge in [-0.25, -0.2) is 14.4 Å². The van der Waals surface area contributed by atoms with Gasteiger partial charge < -0.3 is 35.5 Å². The fraction of sp³-hybridized carbons (Fsp3) is 0.667. The monoisotopic (exact) mass is 340 g/mol. The van der Waals surface area contributed by atoms with E-state index in [1.165, 1.54) is 14.0 Å². The maximum absolute atomic E-state index is 11.0. The molecule has 0 bridgehead atoms. The first-order chi connectivity index (χ1) is 9.45. The fourth-order valence-corrected chi connectivity index (χ4v) is 0.740. The minimum Gasteiger partial charge on any atom is -0.453 e. The average Bonchev–Trinajstić information content (AvgIpc) is 2.38. The van der Waals surface area contributed by atoms with Crippen LogP contribution in [0.5, 0.6) is 0 Å². The molecule has 0 aromatic rings. The Kier molecular flexibility index (Phi) is 21.4. The molecule has 0 saturated heterocycles. The molecule has 0 radical (unpaired) electrons. The van der Waals surface area contributed by atoms with E-state index in [1.54, 1.807) is 0 Å². The molecule has 0 unspecified atom stereocenters. The van der Waals surface area contributed by atoms with Crippen molar-refractivity contribution < 1.29 is 33.4 Å². The van der Waals surface area contributed by atoms with Crippen LogP contribution in [0.15, 0.2) is 0 Å². The number of alkyl carbamates (subject to hydrolysis) is 3. The lowest BCUT2D eigenvalue weighted by molar-refractivity contribution is -0.119. The second-order valence-corrected chi connectivity index (χ2v) is 3.09. The molecule has 0 aliphatic carbocycles. The number of carbonyl (C=O) groups is 4. The molecule has 0 saturated carbocycles. The zero-order valence-corrected chi connectivity index (χ0v) is 11.0. The van der Waals surface area contributed by atoms with Gasteiger partial charge in [-0.2, -0.15) is 0 Å². The lowest BCUT2D eigenvalue weighted by Gasteiger charge is -2.09. The summed E-state index contributed by atoms with van der Waals surface area (Å²) < 4.78 is 13.1. The van der Waals surface area contributed by atoms with Crippen molar-refractivity contribution in [1.82, 2.24) is 21.3 Å². The summed E-state index contributed by atoms with van der Waals surface area (Å²) in [6, 6.07) is 0. The number of rotatable bonds is 6. The predicted octanol–water partition coefficient (Wildman–Crippen LogP) is 0.712. The smallest absolute Gasteiger partial charge is 0.411 e. The van der Waals surface area contributed by atoms with Crippen LogP contribution < -0.4 is 21.3 Å². The van der Waals surface area contributed by atoms with Gasteiger partial charge in [-0.05, 0) is 0 Å². The summed E-state index contributed by atoms with van der Waals surface area (Å²) in [4.78, 5) is 43.1. The molecule has 0 heterocycles. The zero-order valence-electron chi connectivity index (χ0n) is 11.0. The van der Waals surface area contributed by atoms with Crippen LogP contribution in [0.3, 0.4) is 0 Å². The zero-order chi connectivity index (χ0) is 15.4. The standard InChI is InChI=1S/C9H16N4O7.3CH4/c1-6(14)10-3-12-8(16)19-5-20-9(17)13-4-11-7(15)18-2;;;/h3-5H2,1-2H3,(H,10,14)(H,11,15)(H,12,16)(H,13,17);3*1H4. The fourth-order valence-electron chi connectivity index (χ4n) is 0.740. The second-order valence-electron chi connectivity index (χ2n) is 3.09. The van der Waals surface area contributed by atoms with Crippen molar-refractivity contribution >= 4 is 24.2 Å². The van der Waals surface area contributed by atoms with E-state index in [4.69, 9.17) is 0 Å². The molecule has 0 aliphatic heterocycles. The molecule has 4 amide bonds. The molecule has 0 atom stereocenters. The number of amides is 4. The number of carbonyl (C=O) groups excluding carboxylic acids is 4. The van der Waals surface area contributed by atoms with Crippen LogP contribution in [0, 0.1) is 0 Å². The highest BCUT2D eigenvalue weighted by Gasteiger charge is 2.05. The summed E-state index contributed by atoms with van der Waals surface area (Å²) >= 11 is 0. The minimum absolute atomic E-state index is 0. The number of nitrogens with one attached hydrogen (secondary N) is 4. The molecular formula is C12H28N4O7. The van der Waals surface area contributed by atoms with Crippen molar-refractivity contribution in [2.75, 3.05) is 27.2 Å². The molecule has 0 fully saturated rings. The average molecular weight is 340 g/mol. The Balaban J connectivity index is -0.000000602. The molecular weight excluding hydrogens is 312 g/mol. The Morgan fingerprint density at radius 1 is 0.739 bits per heavy atom. The summed E-state index contributed by atoms with van der Waals surface area (Å²) in [6.45, 7) is 0.336. The Labute approximate surface area is 136 Å². The van der Waals surface area contributed by atoms with Crippen molar-refractivity contribution in [3.05, 3.63) is 0 Å². The van der Waals surface area contributed by atoms with E-state index in [1.807, 2.05) is 0 Å². The third kappa shape index (κ3) is 19.3. The maximum atomic E-state index is 11.0. The number of hydrogen-bond acceptors (Lipinski definition) is 7. The Hall–Kier alpha value is -2.72. The lowest BCUT2D eigenvalue weighted by Crippen LogP contribution is -2.39. The summed E-state index contributed by atoms with van der Waals surface area (Å²) in [5.74, 6) is -0.320. The van der Waals surface area contributed by atoms with Gasteiger partial charge in [-0.1, -0.05) is 22.3 Å². The Bertz CT molecular complexity index is 363. The van der Waals surface area contributed by atoms with Gasteiger partial charge >= 0.3 is 18.3 Å². The van der Waals surface area contributed by atoms with Crippen LogP contribution in [0.2, 0.25) is 0 Å². The van der Waals surface area contributed by atoms with E-state index in [-0.39, 0.29) is 41.5 Å². The van der Waals surface area contributed by atoms with Gasteiger partial charge in [0, 0.05) is 6.92 Å². The van der Waals surface area contributed by atoms with Gasteiger partial charge in [-0.3, -0.25) is 4.79 Å². The molecule has 4 N–H and O–H groups in total. The van der Waals surface area contributed by atoms with Crippen molar-refractivity contribution in [2.24, 2.45) is 0 Å². The summed E-state index contributed by atoms with van der Waals surface area (Å²) in [6.07, 6.45) is -2.51. The topological polar surface area (TPSA) is 144 Å². The summed E-state index contributed by atoms with van der Waals surface area (Å²) in [5.41, 5.74) is 0. The van der Waals surface area contributed by atoms with E-state index in [2.05, 4.69) is 35.5 Å². The van der Waals surface area contributed by atoms with Crippen molar-refractivity contribution in [2.45, 2.75) is 29.2 Å². The van der Waals surface area contributed by atoms with Crippen molar-refractivity contribution in [3.8, 4) is 0 Å². The van der Waals surface area contributed by atoms with Gasteiger partial charge in [0.2, 0.25) is 12.7 Å². The molecule has 0 spiro atoms. The summed E-state index contributed by atoms with van der Waals surface area (Å²) in [5, 5.41) is 8.78. The minimum atomic E-state index is -0.906. The highest BCUT2D eigenvalue weighted by molar-refractivity contribution is 5.74. The van der Waals surface area contributed by atoms with Crippen LogP contribution in [0.4, 0.5) is 14.4 Å². The molecule has 23 heavy (non-hydrogen) atoms. The first-order valence-corrected chi connectivity index (χ1v) is 5.33. The van der Waals surface area contributed by atoms with Gasteiger partial charge in [0.05, 0.1) is 20.4 Å². The van der Waals surface area contributed by atoms with Crippen LogP contribution in [0.1, 0.15) is 29.2 Å². The number of hydrogen-bond donors (Lipinski definition) is 4. The van der Waals surface area contributed by atoms with Crippen LogP contribution in [-0.4, -0.2) is 51.4 Å². The molecule has 0 rings (SSSR count). The Morgan fingerprint density at radius 3 is 1.52 bits per heavy atom. The van der Waals surface area contributed by atoms with E-state index >= 15 is 0 Å². The van der Waals surface area contributed by atoms with Gasteiger partial charge in [0.1, 0.15) is 0 Å². The van der Waals surface area contributed by atoms with Crippen molar-refractivity contribution in [3.63, 3.8) is 0 Å². The molecule has 0 aromatic heterocycles. The molecule has 11 nitrogen and oxygen atoms in total. The van der Waals surface area contributed by atoms with E-state index in [9.17, 15) is 19.2 Å².